The van der Waals surface area contributed by atoms with Crippen molar-refractivity contribution in [3.63, 3.8) is 0 Å². The van der Waals surface area contributed by atoms with Crippen LogP contribution in [0.4, 0.5) is 5.82 Å². The average molecular weight is 230 g/mol. The highest BCUT2D eigenvalue weighted by molar-refractivity contribution is 6.17. The van der Waals surface area contributed by atoms with Crippen molar-refractivity contribution >= 4 is 17.4 Å². The molecule has 0 fully saturated rings. The molecule has 0 saturated heterocycles. The molecule has 0 bridgehead atoms. The minimum absolute atomic E-state index is 0.535. The minimum Gasteiger partial charge on any atom is -0.378 e. The van der Waals surface area contributed by atoms with Gasteiger partial charge in [-0.2, -0.15) is 0 Å². The molecule has 15 heavy (non-hydrogen) atoms. The standard InChI is InChI=1S/C10H16ClN3O/c1-2-9-7-10(14-8-13-9)12-4-6-15-5-3-11/h7-8H,2-6H2,1H3,(H,12,13,14). The van der Waals surface area contributed by atoms with E-state index in [1.807, 2.05) is 6.07 Å². The average Bonchev–Trinajstić information content (AvgIpc) is 2.29. The molecule has 0 aliphatic carbocycles. The summed E-state index contributed by atoms with van der Waals surface area (Å²) in [7, 11) is 0. The molecule has 0 aliphatic heterocycles. The quantitative estimate of drug-likeness (QED) is 0.571. The Balaban J connectivity index is 2.24. The summed E-state index contributed by atoms with van der Waals surface area (Å²) < 4.78 is 5.22. The Hall–Kier alpha value is -0.870. The van der Waals surface area contributed by atoms with E-state index in [2.05, 4.69) is 22.2 Å². The van der Waals surface area contributed by atoms with Gasteiger partial charge in [0.1, 0.15) is 12.1 Å². The second-order valence-electron chi connectivity index (χ2n) is 2.98. The molecule has 0 spiro atoms. The Labute approximate surface area is 95.0 Å². The maximum atomic E-state index is 5.47. The fourth-order valence-electron chi connectivity index (χ4n) is 1.10. The number of nitrogens with one attached hydrogen (secondary N) is 1. The van der Waals surface area contributed by atoms with E-state index in [1.54, 1.807) is 6.33 Å². The van der Waals surface area contributed by atoms with Crippen LogP contribution in [0.15, 0.2) is 12.4 Å². The van der Waals surface area contributed by atoms with Crippen molar-refractivity contribution in [3.05, 3.63) is 18.1 Å². The van der Waals surface area contributed by atoms with Gasteiger partial charge in [-0.05, 0) is 6.42 Å². The zero-order valence-electron chi connectivity index (χ0n) is 8.87. The van der Waals surface area contributed by atoms with Crippen molar-refractivity contribution in [1.82, 2.24) is 9.97 Å². The summed E-state index contributed by atoms with van der Waals surface area (Å²) >= 11 is 5.47. The van der Waals surface area contributed by atoms with Gasteiger partial charge < -0.3 is 10.1 Å². The van der Waals surface area contributed by atoms with E-state index in [4.69, 9.17) is 16.3 Å². The first-order chi connectivity index (χ1) is 7.36. The van der Waals surface area contributed by atoms with Gasteiger partial charge in [0.05, 0.1) is 13.2 Å². The van der Waals surface area contributed by atoms with E-state index in [9.17, 15) is 0 Å². The monoisotopic (exact) mass is 229 g/mol. The fraction of sp³-hybridized carbons (Fsp3) is 0.600. The maximum absolute atomic E-state index is 5.47. The third-order valence-corrected chi connectivity index (χ3v) is 2.01. The summed E-state index contributed by atoms with van der Waals surface area (Å²) in [5, 5.41) is 3.16. The number of nitrogens with zero attached hydrogens (tertiary/aromatic N) is 2. The number of hydrogen-bond donors (Lipinski definition) is 1. The number of aromatic nitrogens is 2. The highest BCUT2D eigenvalue weighted by Gasteiger charge is 1.95. The molecule has 0 amide bonds. The van der Waals surface area contributed by atoms with Crippen LogP contribution < -0.4 is 5.32 Å². The second-order valence-corrected chi connectivity index (χ2v) is 3.35. The number of aryl methyl sites for hydroxylation is 1. The van der Waals surface area contributed by atoms with E-state index >= 15 is 0 Å². The molecule has 0 saturated carbocycles. The van der Waals surface area contributed by atoms with Crippen LogP contribution >= 0.6 is 11.6 Å². The van der Waals surface area contributed by atoms with Crippen LogP contribution in [0.2, 0.25) is 0 Å². The third kappa shape index (κ3) is 4.95. The number of anilines is 1. The van der Waals surface area contributed by atoms with Crippen molar-refractivity contribution in [3.8, 4) is 0 Å². The van der Waals surface area contributed by atoms with Crippen LogP contribution in [0.3, 0.4) is 0 Å². The first-order valence-electron chi connectivity index (χ1n) is 5.05. The van der Waals surface area contributed by atoms with Crippen LogP contribution in [0.25, 0.3) is 0 Å². The molecule has 0 unspecified atom stereocenters. The lowest BCUT2D eigenvalue weighted by Gasteiger charge is -2.06. The molecule has 1 N–H and O–H groups in total. The van der Waals surface area contributed by atoms with Crippen LogP contribution in [-0.2, 0) is 11.2 Å². The van der Waals surface area contributed by atoms with Gasteiger partial charge in [0.15, 0.2) is 0 Å². The zero-order valence-corrected chi connectivity index (χ0v) is 9.63. The van der Waals surface area contributed by atoms with Crippen LogP contribution in [0.5, 0.6) is 0 Å². The third-order valence-electron chi connectivity index (χ3n) is 1.86. The zero-order chi connectivity index (χ0) is 10.9. The smallest absolute Gasteiger partial charge is 0.129 e. The van der Waals surface area contributed by atoms with Crippen LogP contribution in [0.1, 0.15) is 12.6 Å². The summed E-state index contributed by atoms with van der Waals surface area (Å²) in [6, 6.07) is 1.95. The van der Waals surface area contributed by atoms with Gasteiger partial charge in [0, 0.05) is 24.2 Å². The second kappa shape index (κ2) is 7.43. The lowest BCUT2D eigenvalue weighted by Crippen LogP contribution is -2.11. The number of ether oxygens (including phenoxy) is 1. The van der Waals surface area contributed by atoms with Gasteiger partial charge >= 0.3 is 0 Å². The Morgan fingerprint density at radius 1 is 1.40 bits per heavy atom. The molecule has 0 aliphatic rings. The summed E-state index contributed by atoms with van der Waals surface area (Å²) in [6.45, 7) is 4.03. The predicted octanol–water partition coefficient (Wildman–Crippen LogP) is 1.71. The van der Waals surface area contributed by atoms with Crippen molar-refractivity contribution in [2.75, 3.05) is 31.0 Å². The predicted molar refractivity (Wildman–Crippen MR) is 61.4 cm³/mol. The van der Waals surface area contributed by atoms with Gasteiger partial charge in [-0.3, -0.25) is 0 Å². The summed E-state index contributed by atoms with van der Waals surface area (Å²) in [4.78, 5) is 8.22. The van der Waals surface area contributed by atoms with Crippen molar-refractivity contribution in [2.45, 2.75) is 13.3 Å². The van der Waals surface area contributed by atoms with E-state index in [-0.39, 0.29) is 0 Å². The first-order valence-corrected chi connectivity index (χ1v) is 5.58. The maximum Gasteiger partial charge on any atom is 0.129 e. The fourth-order valence-corrected chi connectivity index (χ4v) is 1.20. The number of halogens is 1. The summed E-state index contributed by atoms with van der Waals surface area (Å²) in [5.41, 5.74) is 1.04. The molecule has 0 atom stereocenters. The molecule has 1 aromatic rings. The molecule has 0 aromatic carbocycles. The Kier molecular flexibility index (Phi) is 6.04. The molecule has 5 heteroatoms. The van der Waals surface area contributed by atoms with Gasteiger partial charge in [-0.15, -0.1) is 11.6 Å². The first kappa shape index (κ1) is 12.2. The largest absolute Gasteiger partial charge is 0.378 e. The molecule has 0 radical (unpaired) electrons. The summed E-state index contributed by atoms with van der Waals surface area (Å²) in [6.07, 6.45) is 2.49. The SMILES string of the molecule is CCc1cc(NCCOCCCl)ncn1. The number of hydrogen-bond acceptors (Lipinski definition) is 4. The van der Waals surface area contributed by atoms with Crippen molar-refractivity contribution in [1.29, 1.82) is 0 Å². The van der Waals surface area contributed by atoms with Gasteiger partial charge in [0.2, 0.25) is 0 Å². The van der Waals surface area contributed by atoms with Gasteiger partial charge in [0.25, 0.3) is 0 Å². The normalized spacial score (nSPS) is 10.3. The lowest BCUT2D eigenvalue weighted by molar-refractivity contribution is 0.160. The molecule has 1 heterocycles. The van der Waals surface area contributed by atoms with Gasteiger partial charge in [-0.1, -0.05) is 6.92 Å². The molecule has 84 valence electrons. The highest BCUT2D eigenvalue weighted by atomic mass is 35.5. The Morgan fingerprint density at radius 3 is 3.00 bits per heavy atom. The van der Waals surface area contributed by atoms with E-state index in [0.29, 0.717) is 19.1 Å². The molecule has 4 nitrogen and oxygen atoms in total. The van der Waals surface area contributed by atoms with E-state index < -0.39 is 0 Å². The van der Waals surface area contributed by atoms with Crippen molar-refractivity contribution in [2.24, 2.45) is 0 Å². The van der Waals surface area contributed by atoms with Crippen LogP contribution in [0, 0.1) is 0 Å². The Morgan fingerprint density at radius 2 is 2.27 bits per heavy atom. The molecular weight excluding hydrogens is 214 g/mol. The Bertz CT molecular complexity index is 283. The molecule has 1 aromatic heterocycles. The molecular formula is C10H16ClN3O. The van der Waals surface area contributed by atoms with Crippen molar-refractivity contribution < 1.29 is 4.74 Å². The topological polar surface area (TPSA) is 47.0 Å². The van der Waals surface area contributed by atoms with Crippen LogP contribution in [-0.4, -0.2) is 35.6 Å². The lowest BCUT2D eigenvalue weighted by atomic mass is 10.3. The number of alkyl halides is 1. The summed E-state index contributed by atoms with van der Waals surface area (Å²) in [5.74, 6) is 1.38. The van der Waals surface area contributed by atoms with Gasteiger partial charge in [-0.25, -0.2) is 9.97 Å². The number of rotatable bonds is 7. The van der Waals surface area contributed by atoms with E-state index in [1.165, 1.54) is 0 Å². The molecule has 1 rings (SSSR count). The van der Waals surface area contributed by atoms with E-state index in [0.717, 1.165) is 24.5 Å². The highest BCUT2D eigenvalue weighted by Crippen LogP contribution is 2.03. The minimum atomic E-state index is 0.535.